The van der Waals surface area contributed by atoms with Gasteiger partial charge in [0.1, 0.15) is 6.07 Å². The third-order valence-corrected chi connectivity index (χ3v) is 4.45. The molecule has 1 rings (SSSR count). The maximum absolute atomic E-state index is 11.1. The zero-order valence-corrected chi connectivity index (χ0v) is 10.4. The van der Waals surface area contributed by atoms with Gasteiger partial charge in [0.05, 0.1) is 23.3 Å². The molecule has 0 aliphatic heterocycles. The minimum absolute atomic E-state index is 0.252. The van der Waals surface area contributed by atoms with Gasteiger partial charge in [-0.05, 0) is 18.7 Å². The van der Waals surface area contributed by atoms with Gasteiger partial charge in [0.15, 0.2) is 0 Å². The molecule has 0 spiro atoms. The Bertz CT molecular complexity index is 418. The van der Waals surface area contributed by atoms with Gasteiger partial charge < -0.3 is 4.74 Å². The largest absolute Gasteiger partial charge is 0.469 e. The monoisotopic (exact) mass is 241 g/mol. The lowest BCUT2D eigenvalue weighted by Crippen LogP contribution is -2.03. The van der Waals surface area contributed by atoms with Gasteiger partial charge in [-0.25, -0.2) is 0 Å². The van der Waals surface area contributed by atoms with Crippen LogP contribution in [0, 0.1) is 18.3 Å². The van der Waals surface area contributed by atoms with Gasteiger partial charge in [-0.1, -0.05) is 0 Å². The summed E-state index contributed by atoms with van der Waals surface area (Å²) in [5, 5.41) is 8.96. The molecule has 0 aromatic carbocycles. The van der Waals surface area contributed by atoms with E-state index in [0.717, 1.165) is 14.6 Å². The molecule has 0 radical (unpaired) electrons. The topological polar surface area (TPSA) is 50.1 Å². The first kappa shape index (κ1) is 12.1. The zero-order chi connectivity index (χ0) is 11.4. The normalized spacial score (nSPS) is 9.73. The number of hydrogen-bond donors (Lipinski definition) is 0. The summed E-state index contributed by atoms with van der Waals surface area (Å²) in [6.45, 7) is 1.87. The maximum Gasteiger partial charge on any atom is 0.310 e. The Hall–Kier alpha value is -0.990. The molecule has 0 saturated carbocycles. The Morgan fingerprint density at radius 1 is 1.67 bits per heavy atom. The average Bonchev–Trinajstić information content (AvgIpc) is 2.55. The molecule has 5 heteroatoms. The van der Waals surface area contributed by atoms with E-state index < -0.39 is 0 Å². The number of carbonyl (C=O) groups is 1. The van der Waals surface area contributed by atoms with E-state index in [1.54, 1.807) is 0 Å². The van der Waals surface area contributed by atoms with Crippen LogP contribution in [0.15, 0.2) is 4.21 Å². The van der Waals surface area contributed by atoms with E-state index in [4.69, 9.17) is 5.26 Å². The van der Waals surface area contributed by atoms with Gasteiger partial charge >= 0.3 is 5.97 Å². The number of ether oxygens (including phenoxy) is 1. The van der Waals surface area contributed by atoms with Crippen molar-refractivity contribution in [3.63, 3.8) is 0 Å². The number of carbonyl (C=O) groups excluding carboxylic acids is 1. The van der Waals surface area contributed by atoms with Crippen molar-refractivity contribution in [2.45, 2.75) is 17.6 Å². The van der Waals surface area contributed by atoms with Crippen LogP contribution in [-0.2, 0) is 16.0 Å². The first-order chi connectivity index (χ1) is 7.13. The van der Waals surface area contributed by atoms with E-state index in [2.05, 4.69) is 10.8 Å². The van der Waals surface area contributed by atoms with Gasteiger partial charge in [0.2, 0.25) is 0 Å². The second kappa shape index (κ2) is 5.19. The Balaban J connectivity index is 3.06. The van der Waals surface area contributed by atoms with Crippen molar-refractivity contribution < 1.29 is 9.53 Å². The van der Waals surface area contributed by atoms with Gasteiger partial charge in [-0.2, -0.15) is 5.26 Å². The molecule has 0 aliphatic rings. The Morgan fingerprint density at radius 2 is 2.33 bits per heavy atom. The SMILES string of the molecule is COC(=O)Cc1sc(SC)c(C#N)c1C. The molecule has 0 N–H and O–H groups in total. The molecule has 15 heavy (non-hydrogen) atoms. The molecule has 3 nitrogen and oxygen atoms in total. The molecular formula is C10H11NO2S2. The number of nitriles is 1. The highest BCUT2D eigenvalue weighted by atomic mass is 32.2. The summed E-state index contributed by atoms with van der Waals surface area (Å²) >= 11 is 3.03. The van der Waals surface area contributed by atoms with Crippen LogP contribution in [0.4, 0.5) is 0 Å². The van der Waals surface area contributed by atoms with E-state index >= 15 is 0 Å². The fourth-order valence-electron chi connectivity index (χ4n) is 1.18. The molecule has 0 bridgehead atoms. The van der Waals surface area contributed by atoms with E-state index in [-0.39, 0.29) is 12.4 Å². The van der Waals surface area contributed by atoms with Crippen molar-refractivity contribution in [1.29, 1.82) is 5.26 Å². The summed E-state index contributed by atoms with van der Waals surface area (Å²) in [5.41, 5.74) is 1.59. The van der Waals surface area contributed by atoms with Gasteiger partial charge in [-0.3, -0.25) is 4.79 Å². The molecule has 80 valence electrons. The van der Waals surface area contributed by atoms with Crippen LogP contribution in [-0.4, -0.2) is 19.3 Å². The molecule has 0 saturated heterocycles. The third kappa shape index (κ3) is 2.52. The lowest BCUT2D eigenvalue weighted by molar-refractivity contribution is -0.139. The first-order valence-corrected chi connectivity index (χ1v) is 6.31. The van der Waals surface area contributed by atoms with Crippen molar-refractivity contribution in [3.05, 3.63) is 16.0 Å². The van der Waals surface area contributed by atoms with Crippen LogP contribution in [0.5, 0.6) is 0 Å². The highest BCUT2D eigenvalue weighted by Crippen LogP contribution is 2.34. The van der Waals surface area contributed by atoms with Crippen LogP contribution in [0.3, 0.4) is 0 Å². The summed E-state index contributed by atoms with van der Waals surface area (Å²) in [5.74, 6) is -0.267. The van der Waals surface area contributed by atoms with E-state index in [0.29, 0.717) is 5.56 Å². The van der Waals surface area contributed by atoms with Crippen molar-refractivity contribution >= 4 is 29.1 Å². The summed E-state index contributed by atoms with van der Waals surface area (Å²) in [6.07, 6.45) is 2.18. The minimum Gasteiger partial charge on any atom is -0.469 e. The van der Waals surface area contributed by atoms with E-state index in [9.17, 15) is 4.79 Å². The predicted molar refractivity (Wildman–Crippen MR) is 61.3 cm³/mol. The van der Waals surface area contributed by atoms with Crippen LogP contribution in [0.25, 0.3) is 0 Å². The second-order valence-corrected chi connectivity index (χ2v) is 5.06. The number of esters is 1. The molecule has 1 heterocycles. The lowest BCUT2D eigenvalue weighted by Gasteiger charge is -1.97. The zero-order valence-electron chi connectivity index (χ0n) is 8.79. The number of hydrogen-bond acceptors (Lipinski definition) is 5. The number of methoxy groups -OCH3 is 1. The summed E-state index contributed by atoms with van der Waals surface area (Å²) in [7, 11) is 1.37. The van der Waals surface area contributed by atoms with Crippen LogP contribution < -0.4 is 0 Å². The summed E-state index contributed by atoms with van der Waals surface area (Å²) in [6, 6.07) is 2.16. The van der Waals surface area contributed by atoms with Crippen molar-refractivity contribution in [2.75, 3.05) is 13.4 Å². The fourth-order valence-corrected chi connectivity index (χ4v) is 3.18. The molecule has 0 atom stereocenters. The number of thioether (sulfide) groups is 1. The minimum atomic E-state index is -0.267. The van der Waals surface area contributed by atoms with Gasteiger partial charge in [0, 0.05) is 4.88 Å². The first-order valence-electron chi connectivity index (χ1n) is 4.27. The average molecular weight is 241 g/mol. The highest BCUT2D eigenvalue weighted by molar-refractivity contribution is 8.00. The molecule has 0 aliphatic carbocycles. The number of nitrogens with zero attached hydrogens (tertiary/aromatic N) is 1. The van der Waals surface area contributed by atoms with Crippen LogP contribution in [0.2, 0.25) is 0 Å². The number of thiophene rings is 1. The van der Waals surface area contributed by atoms with Crippen molar-refractivity contribution in [2.24, 2.45) is 0 Å². The standard InChI is InChI=1S/C10H11NO2S2/c1-6-7(5-11)10(14-3)15-8(6)4-9(12)13-2/h4H2,1-3H3. The van der Waals surface area contributed by atoms with Gasteiger partial charge in [0.25, 0.3) is 0 Å². The summed E-state index contributed by atoms with van der Waals surface area (Å²) in [4.78, 5) is 12.0. The molecule has 1 aromatic heterocycles. The van der Waals surface area contributed by atoms with Crippen LogP contribution >= 0.6 is 23.1 Å². The fraction of sp³-hybridized carbons (Fsp3) is 0.400. The van der Waals surface area contributed by atoms with Crippen molar-refractivity contribution in [1.82, 2.24) is 0 Å². The van der Waals surface area contributed by atoms with Gasteiger partial charge in [-0.15, -0.1) is 23.1 Å². The molecule has 1 aromatic rings. The quantitative estimate of drug-likeness (QED) is 0.602. The highest BCUT2D eigenvalue weighted by Gasteiger charge is 2.16. The molecule has 0 fully saturated rings. The van der Waals surface area contributed by atoms with Crippen molar-refractivity contribution in [3.8, 4) is 6.07 Å². The third-order valence-electron chi connectivity index (χ3n) is 2.04. The number of rotatable bonds is 3. The van der Waals surface area contributed by atoms with E-state index in [1.807, 2.05) is 13.2 Å². The molecule has 0 unspecified atom stereocenters. The second-order valence-electron chi connectivity index (χ2n) is 2.88. The molecule has 0 amide bonds. The van der Waals surface area contributed by atoms with E-state index in [1.165, 1.54) is 30.2 Å². The maximum atomic E-state index is 11.1. The van der Waals surface area contributed by atoms with Crippen LogP contribution in [0.1, 0.15) is 16.0 Å². The summed E-state index contributed by atoms with van der Waals surface area (Å²) < 4.78 is 5.57. The smallest absolute Gasteiger partial charge is 0.310 e. The predicted octanol–water partition coefficient (Wildman–Crippen LogP) is 2.37. The Labute approximate surface area is 97.1 Å². The Kier molecular flexibility index (Phi) is 4.18. The lowest BCUT2D eigenvalue weighted by atomic mass is 10.1. The molecular weight excluding hydrogens is 230 g/mol. The Morgan fingerprint density at radius 3 is 2.73 bits per heavy atom.